The zero-order chi connectivity index (χ0) is 9.78. The lowest BCUT2D eigenvalue weighted by molar-refractivity contribution is -0.137. The van der Waals surface area contributed by atoms with Crippen LogP contribution in [0.1, 0.15) is 19.8 Å². The van der Waals surface area contributed by atoms with Crippen molar-refractivity contribution in [3.05, 3.63) is 0 Å². The smallest absolute Gasteiger partial charge is 0.380 e. The van der Waals surface area contributed by atoms with Crippen LogP contribution in [0.2, 0.25) is 0 Å². The molecule has 2 nitrogen and oxygen atoms in total. The molecule has 0 saturated heterocycles. The summed E-state index contributed by atoms with van der Waals surface area (Å²) in [7, 11) is 1.43. The summed E-state index contributed by atoms with van der Waals surface area (Å²) < 4.78 is 39.8. The van der Waals surface area contributed by atoms with Crippen molar-refractivity contribution in [2.75, 3.05) is 7.11 Å². The van der Waals surface area contributed by atoms with Crippen molar-refractivity contribution in [2.45, 2.75) is 38.1 Å². The van der Waals surface area contributed by atoms with Crippen molar-refractivity contribution in [2.24, 2.45) is 5.73 Å². The topological polar surface area (TPSA) is 35.2 Å². The molecule has 0 saturated carbocycles. The maximum Gasteiger partial charge on any atom is 0.389 e. The molecule has 0 fully saturated rings. The van der Waals surface area contributed by atoms with Gasteiger partial charge in [-0.25, -0.2) is 0 Å². The molecule has 5 heteroatoms. The summed E-state index contributed by atoms with van der Waals surface area (Å²) >= 11 is 0. The van der Waals surface area contributed by atoms with Crippen LogP contribution in [0.3, 0.4) is 0 Å². The van der Waals surface area contributed by atoms with E-state index in [4.69, 9.17) is 10.5 Å². The standard InChI is InChI=1S/C7H14F3NO/c1-5(12-2)6(11)3-4-7(8,9)10/h5-6H,3-4,11H2,1-2H3. The van der Waals surface area contributed by atoms with E-state index in [1.54, 1.807) is 6.92 Å². The fourth-order valence-corrected chi connectivity index (χ4v) is 0.740. The number of ether oxygens (including phenoxy) is 1. The molecule has 12 heavy (non-hydrogen) atoms. The number of halogens is 3. The second-order valence-corrected chi connectivity index (χ2v) is 2.76. The van der Waals surface area contributed by atoms with Crippen LogP contribution < -0.4 is 5.73 Å². The quantitative estimate of drug-likeness (QED) is 0.723. The van der Waals surface area contributed by atoms with Gasteiger partial charge in [0.15, 0.2) is 0 Å². The Morgan fingerprint density at radius 2 is 1.92 bits per heavy atom. The van der Waals surface area contributed by atoms with Gasteiger partial charge in [0.2, 0.25) is 0 Å². The van der Waals surface area contributed by atoms with Gasteiger partial charge in [0, 0.05) is 19.6 Å². The van der Waals surface area contributed by atoms with E-state index in [0.29, 0.717) is 0 Å². The molecule has 2 unspecified atom stereocenters. The number of hydrogen-bond donors (Lipinski definition) is 1. The van der Waals surface area contributed by atoms with Gasteiger partial charge in [-0.2, -0.15) is 13.2 Å². The van der Waals surface area contributed by atoms with Gasteiger partial charge in [0.05, 0.1) is 6.10 Å². The molecule has 0 aromatic heterocycles. The zero-order valence-corrected chi connectivity index (χ0v) is 7.19. The fraction of sp³-hybridized carbons (Fsp3) is 1.00. The van der Waals surface area contributed by atoms with Gasteiger partial charge < -0.3 is 10.5 Å². The summed E-state index contributed by atoms with van der Waals surface area (Å²) in [5.41, 5.74) is 5.41. The Bertz CT molecular complexity index is 126. The minimum atomic E-state index is -4.12. The Kier molecular flexibility index (Phi) is 4.55. The second kappa shape index (κ2) is 4.67. The van der Waals surface area contributed by atoms with Crippen molar-refractivity contribution in [1.29, 1.82) is 0 Å². The average Bonchev–Trinajstić information content (AvgIpc) is 1.97. The van der Waals surface area contributed by atoms with Crippen LogP contribution in [-0.4, -0.2) is 25.4 Å². The third kappa shape index (κ3) is 5.37. The van der Waals surface area contributed by atoms with E-state index in [9.17, 15) is 13.2 Å². The lowest BCUT2D eigenvalue weighted by atomic mass is 10.1. The molecule has 2 N–H and O–H groups in total. The Morgan fingerprint density at radius 3 is 2.25 bits per heavy atom. The first kappa shape index (κ1) is 11.7. The molecule has 0 bridgehead atoms. The van der Waals surface area contributed by atoms with Gasteiger partial charge in [-0.15, -0.1) is 0 Å². The highest BCUT2D eigenvalue weighted by molar-refractivity contribution is 4.70. The molecule has 0 radical (unpaired) electrons. The van der Waals surface area contributed by atoms with Crippen LogP contribution in [0.5, 0.6) is 0 Å². The molecular weight excluding hydrogens is 171 g/mol. The first-order valence-corrected chi connectivity index (χ1v) is 3.72. The Balaban J connectivity index is 3.64. The van der Waals surface area contributed by atoms with Crippen molar-refractivity contribution >= 4 is 0 Å². The van der Waals surface area contributed by atoms with Crippen LogP contribution in [0.4, 0.5) is 13.2 Å². The van der Waals surface area contributed by atoms with Crippen molar-refractivity contribution < 1.29 is 17.9 Å². The lowest BCUT2D eigenvalue weighted by Crippen LogP contribution is -2.34. The van der Waals surface area contributed by atoms with E-state index in [2.05, 4.69) is 0 Å². The first-order chi connectivity index (χ1) is 5.37. The number of nitrogens with two attached hydrogens (primary N) is 1. The fourth-order valence-electron chi connectivity index (χ4n) is 0.740. The zero-order valence-electron chi connectivity index (χ0n) is 7.19. The van der Waals surface area contributed by atoms with Gasteiger partial charge in [0.25, 0.3) is 0 Å². The molecule has 2 atom stereocenters. The van der Waals surface area contributed by atoms with Crippen LogP contribution >= 0.6 is 0 Å². The molecule has 0 aliphatic rings. The summed E-state index contributed by atoms with van der Waals surface area (Å²) in [5, 5.41) is 0. The summed E-state index contributed by atoms with van der Waals surface area (Å²) in [6.45, 7) is 1.65. The SMILES string of the molecule is COC(C)C(N)CCC(F)(F)F. The Morgan fingerprint density at radius 1 is 1.42 bits per heavy atom. The maximum atomic E-state index is 11.7. The normalized spacial score (nSPS) is 17.5. The second-order valence-electron chi connectivity index (χ2n) is 2.76. The molecule has 0 aromatic carbocycles. The third-order valence-electron chi connectivity index (χ3n) is 1.74. The maximum absolute atomic E-state index is 11.7. The van der Waals surface area contributed by atoms with E-state index >= 15 is 0 Å². The summed E-state index contributed by atoms with van der Waals surface area (Å²) in [6.07, 6.45) is -5.38. The molecule has 0 aliphatic carbocycles. The minimum absolute atomic E-state index is 0.0848. The third-order valence-corrected chi connectivity index (χ3v) is 1.74. The van der Waals surface area contributed by atoms with Crippen LogP contribution in [0, 0.1) is 0 Å². The average molecular weight is 185 g/mol. The van der Waals surface area contributed by atoms with Crippen LogP contribution in [-0.2, 0) is 4.74 Å². The molecular formula is C7H14F3NO. The Labute approximate surface area is 69.9 Å². The summed E-state index contributed by atoms with van der Waals surface area (Å²) in [5.74, 6) is 0. The van der Waals surface area contributed by atoms with Gasteiger partial charge in [-0.1, -0.05) is 0 Å². The predicted octanol–water partition coefficient (Wildman–Crippen LogP) is 1.69. The van der Waals surface area contributed by atoms with E-state index in [1.165, 1.54) is 7.11 Å². The van der Waals surface area contributed by atoms with Crippen LogP contribution in [0.25, 0.3) is 0 Å². The highest BCUT2D eigenvalue weighted by Gasteiger charge is 2.28. The number of methoxy groups -OCH3 is 1. The highest BCUT2D eigenvalue weighted by atomic mass is 19.4. The van der Waals surface area contributed by atoms with E-state index in [0.717, 1.165) is 0 Å². The molecule has 0 aromatic rings. The number of hydrogen-bond acceptors (Lipinski definition) is 2. The highest BCUT2D eigenvalue weighted by Crippen LogP contribution is 2.22. The molecule has 0 rings (SSSR count). The Hall–Kier alpha value is -0.290. The molecule has 0 spiro atoms. The summed E-state index contributed by atoms with van der Waals surface area (Å²) in [6, 6.07) is -0.545. The monoisotopic (exact) mass is 185 g/mol. The molecule has 74 valence electrons. The van der Waals surface area contributed by atoms with Gasteiger partial charge in [-0.3, -0.25) is 0 Å². The minimum Gasteiger partial charge on any atom is -0.380 e. The van der Waals surface area contributed by atoms with E-state index < -0.39 is 18.6 Å². The van der Waals surface area contributed by atoms with Gasteiger partial charge >= 0.3 is 6.18 Å². The number of alkyl halides is 3. The van der Waals surface area contributed by atoms with Crippen molar-refractivity contribution in [3.8, 4) is 0 Å². The van der Waals surface area contributed by atoms with Crippen LogP contribution in [0.15, 0.2) is 0 Å². The molecule has 0 amide bonds. The van der Waals surface area contributed by atoms with Crippen molar-refractivity contribution in [3.63, 3.8) is 0 Å². The summed E-state index contributed by atoms with van der Waals surface area (Å²) in [4.78, 5) is 0. The number of rotatable bonds is 4. The molecule has 0 heterocycles. The largest absolute Gasteiger partial charge is 0.389 e. The van der Waals surface area contributed by atoms with Gasteiger partial charge in [-0.05, 0) is 13.3 Å². The lowest BCUT2D eigenvalue weighted by Gasteiger charge is -2.18. The van der Waals surface area contributed by atoms with Crippen molar-refractivity contribution in [1.82, 2.24) is 0 Å². The predicted molar refractivity (Wildman–Crippen MR) is 39.7 cm³/mol. The molecule has 0 aliphatic heterocycles. The van der Waals surface area contributed by atoms with E-state index in [1.807, 2.05) is 0 Å². The first-order valence-electron chi connectivity index (χ1n) is 3.72. The van der Waals surface area contributed by atoms with Gasteiger partial charge in [0.1, 0.15) is 0 Å². The van der Waals surface area contributed by atoms with E-state index in [-0.39, 0.29) is 12.5 Å².